The molecular weight excluding hydrogens is 180 g/mol. The van der Waals surface area contributed by atoms with Gasteiger partial charge < -0.3 is 0 Å². The number of aromatic nitrogens is 2. The van der Waals surface area contributed by atoms with Crippen LogP contribution in [-0.4, -0.2) is 9.36 Å². The van der Waals surface area contributed by atoms with Gasteiger partial charge in [0.05, 0.1) is 0 Å². The van der Waals surface area contributed by atoms with Crippen LogP contribution in [0.15, 0.2) is 0 Å². The highest BCUT2D eigenvalue weighted by Gasteiger charge is 2.02. The van der Waals surface area contributed by atoms with Crippen molar-refractivity contribution in [3.8, 4) is 0 Å². The third-order valence-corrected chi connectivity index (χ3v) is 2.22. The summed E-state index contributed by atoms with van der Waals surface area (Å²) in [5, 5.41) is 0. The highest BCUT2D eigenvalue weighted by atomic mass is 35.5. The van der Waals surface area contributed by atoms with Crippen molar-refractivity contribution in [2.24, 2.45) is 5.92 Å². The Labute approximate surface area is 75.8 Å². The molecule has 0 bridgehead atoms. The van der Waals surface area contributed by atoms with Crippen molar-refractivity contribution in [3.63, 3.8) is 0 Å². The molecule has 0 saturated carbocycles. The van der Waals surface area contributed by atoms with Gasteiger partial charge in [0, 0.05) is 6.42 Å². The number of halogens is 1. The first-order valence-corrected chi connectivity index (χ1v) is 4.81. The van der Waals surface area contributed by atoms with Crippen LogP contribution in [0, 0.1) is 5.92 Å². The van der Waals surface area contributed by atoms with Crippen molar-refractivity contribution in [2.75, 3.05) is 0 Å². The molecule has 0 radical (unpaired) electrons. The summed E-state index contributed by atoms with van der Waals surface area (Å²) in [7, 11) is 0. The van der Waals surface area contributed by atoms with Gasteiger partial charge in [0.25, 0.3) is 0 Å². The van der Waals surface area contributed by atoms with Crippen LogP contribution in [-0.2, 0) is 6.42 Å². The zero-order valence-corrected chi connectivity index (χ0v) is 8.24. The summed E-state index contributed by atoms with van der Waals surface area (Å²) in [6.45, 7) is 4.38. The lowest BCUT2D eigenvalue weighted by atomic mass is 10.1. The third-order valence-electron chi connectivity index (χ3n) is 1.39. The van der Waals surface area contributed by atoms with Crippen LogP contribution < -0.4 is 0 Å². The molecule has 0 saturated heterocycles. The van der Waals surface area contributed by atoms with E-state index in [-0.39, 0.29) is 0 Å². The predicted octanol–water partition coefficient (Wildman–Crippen LogP) is 2.78. The van der Waals surface area contributed by atoms with Crippen LogP contribution in [0.1, 0.15) is 26.1 Å². The first-order valence-electron chi connectivity index (χ1n) is 3.66. The lowest BCUT2D eigenvalue weighted by molar-refractivity contribution is 0.577. The van der Waals surface area contributed by atoms with Crippen LogP contribution in [0.4, 0.5) is 0 Å². The van der Waals surface area contributed by atoms with Gasteiger partial charge in [0.1, 0.15) is 5.82 Å². The molecule has 4 heteroatoms. The molecule has 0 fully saturated rings. The molecule has 2 nitrogen and oxygen atoms in total. The second-order valence-electron chi connectivity index (χ2n) is 2.90. The maximum Gasteiger partial charge on any atom is 0.203 e. The molecule has 0 atom stereocenters. The number of rotatable bonds is 3. The van der Waals surface area contributed by atoms with Crippen molar-refractivity contribution in [1.29, 1.82) is 0 Å². The second kappa shape index (κ2) is 4.02. The van der Waals surface area contributed by atoms with E-state index < -0.39 is 0 Å². The Morgan fingerprint density at radius 2 is 2.27 bits per heavy atom. The Bertz CT molecular complexity index is 222. The second-order valence-corrected chi connectivity index (χ2v) is 4.23. The lowest BCUT2D eigenvalue weighted by Gasteiger charge is -1.99. The zero-order valence-electron chi connectivity index (χ0n) is 6.67. The normalized spacial score (nSPS) is 10.9. The van der Waals surface area contributed by atoms with Crippen molar-refractivity contribution < 1.29 is 0 Å². The molecule has 1 aromatic heterocycles. The van der Waals surface area contributed by atoms with E-state index in [1.165, 1.54) is 11.5 Å². The van der Waals surface area contributed by atoms with E-state index in [1.807, 2.05) is 0 Å². The van der Waals surface area contributed by atoms with Gasteiger partial charge in [-0.25, -0.2) is 4.98 Å². The molecule has 11 heavy (non-hydrogen) atoms. The lowest BCUT2D eigenvalue weighted by Crippen LogP contribution is -1.93. The summed E-state index contributed by atoms with van der Waals surface area (Å²) in [5.41, 5.74) is 0. The largest absolute Gasteiger partial charge is 0.208 e. The summed E-state index contributed by atoms with van der Waals surface area (Å²) in [5.74, 6) is 1.59. The number of aryl methyl sites for hydroxylation is 1. The minimum absolute atomic E-state index is 0.545. The Morgan fingerprint density at radius 3 is 2.73 bits per heavy atom. The summed E-state index contributed by atoms with van der Waals surface area (Å²) >= 11 is 6.88. The van der Waals surface area contributed by atoms with Crippen LogP contribution >= 0.6 is 23.1 Å². The van der Waals surface area contributed by atoms with Crippen molar-refractivity contribution >= 4 is 23.1 Å². The highest BCUT2D eigenvalue weighted by Crippen LogP contribution is 2.13. The van der Waals surface area contributed by atoms with Gasteiger partial charge in [-0.1, -0.05) is 13.8 Å². The average molecular weight is 191 g/mol. The molecule has 62 valence electrons. The van der Waals surface area contributed by atoms with Gasteiger partial charge in [0.15, 0.2) is 0 Å². The summed E-state index contributed by atoms with van der Waals surface area (Å²) in [4.78, 5) is 4.06. The third kappa shape index (κ3) is 3.16. The maximum absolute atomic E-state index is 5.62. The van der Waals surface area contributed by atoms with E-state index in [2.05, 4.69) is 23.2 Å². The number of hydrogen-bond acceptors (Lipinski definition) is 3. The molecule has 0 aliphatic heterocycles. The molecule has 0 aliphatic rings. The molecule has 0 N–H and O–H groups in total. The van der Waals surface area contributed by atoms with Gasteiger partial charge >= 0.3 is 0 Å². The van der Waals surface area contributed by atoms with E-state index in [1.54, 1.807) is 0 Å². The monoisotopic (exact) mass is 190 g/mol. The minimum atomic E-state index is 0.545. The van der Waals surface area contributed by atoms with Crippen LogP contribution in [0.25, 0.3) is 0 Å². The fraction of sp³-hybridized carbons (Fsp3) is 0.714. The zero-order chi connectivity index (χ0) is 8.27. The summed E-state index contributed by atoms with van der Waals surface area (Å²) < 4.78 is 4.63. The highest BCUT2D eigenvalue weighted by molar-refractivity contribution is 7.10. The van der Waals surface area contributed by atoms with E-state index in [9.17, 15) is 0 Å². The van der Waals surface area contributed by atoms with Gasteiger partial charge in [-0.15, -0.1) is 0 Å². The molecule has 1 rings (SSSR count). The fourth-order valence-electron chi connectivity index (χ4n) is 0.752. The average Bonchev–Trinajstić information content (AvgIpc) is 2.31. The minimum Gasteiger partial charge on any atom is -0.208 e. The molecule has 0 spiro atoms. The van der Waals surface area contributed by atoms with E-state index >= 15 is 0 Å². The Balaban J connectivity index is 2.39. The van der Waals surface area contributed by atoms with Gasteiger partial charge in [-0.3, -0.25) is 0 Å². The van der Waals surface area contributed by atoms with E-state index in [0.717, 1.165) is 18.7 Å². The van der Waals surface area contributed by atoms with Crippen LogP contribution in [0.5, 0.6) is 0 Å². The molecule has 0 aromatic carbocycles. The number of nitrogens with zero attached hydrogens (tertiary/aromatic N) is 2. The molecule has 1 aromatic rings. The van der Waals surface area contributed by atoms with Gasteiger partial charge in [-0.05, 0) is 35.5 Å². The maximum atomic E-state index is 5.62. The van der Waals surface area contributed by atoms with Crippen molar-refractivity contribution in [3.05, 3.63) is 10.3 Å². The quantitative estimate of drug-likeness (QED) is 0.733. The molecule has 0 amide bonds. The van der Waals surface area contributed by atoms with Gasteiger partial charge in [-0.2, -0.15) is 4.37 Å². The predicted molar refractivity (Wildman–Crippen MR) is 48.1 cm³/mol. The van der Waals surface area contributed by atoms with E-state index in [4.69, 9.17) is 11.6 Å². The standard InChI is InChI=1S/C7H11ClN2S/c1-5(2)3-4-6-9-7(8)11-10-6/h5H,3-4H2,1-2H3. The molecule has 0 unspecified atom stereocenters. The van der Waals surface area contributed by atoms with Gasteiger partial charge in [0.2, 0.25) is 4.47 Å². The smallest absolute Gasteiger partial charge is 0.203 e. The Hall–Kier alpha value is -0.150. The van der Waals surface area contributed by atoms with Crippen molar-refractivity contribution in [1.82, 2.24) is 9.36 Å². The number of hydrogen-bond donors (Lipinski definition) is 0. The first kappa shape index (κ1) is 8.94. The van der Waals surface area contributed by atoms with E-state index in [0.29, 0.717) is 10.4 Å². The Kier molecular flexibility index (Phi) is 3.27. The van der Waals surface area contributed by atoms with Crippen LogP contribution in [0.3, 0.4) is 0 Å². The summed E-state index contributed by atoms with van der Waals surface area (Å²) in [6.07, 6.45) is 2.08. The van der Waals surface area contributed by atoms with Crippen LogP contribution in [0.2, 0.25) is 4.47 Å². The van der Waals surface area contributed by atoms with Crippen molar-refractivity contribution in [2.45, 2.75) is 26.7 Å². The topological polar surface area (TPSA) is 25.8 Å². The molecular formula is C7H11ClN2S. The first-order chi connectivity index (χ1) is 5.18. The molecule has 0 aliphatic carbocycles. The summed E-state index contributed by atoms with van der Waals surface area (Å²) in [6, 6.07) is 0. The molecule has 1 heterocycles. The Morgan fingerprint density at radius 1 is 1.55 bits per heavy atom. The SMILES string of the molecule is CC(C)CCc1nsc(Cl)n1. The fourth-order valence-corrected chi connectivity index (χ4v) is 1.41.